The van der Waals surface area contributed by atoms with Gasteiger partial charge in [-0.25, -0.2) is 0 Å². The summed E-state index contributed by atoms with van der Waals surface area (Å²) in [5, 5.41) is 9.70. The first-order chi connectivity index (χ1) is 17.1. The van der Waals surface area contributed by atoms with Crippen molar-refractivity contribution in [3.63, 3.8) is 0 Å². The highest BCUT2D eigenvalue weighted by molar-refractivity contribution is 6.04. The normalized spacial score (nSPS) is 17.7. The Balaban J connectivity index is 1.31. The number of piperidine rings is 1. The van der Waals surface area contributed by atoms with E-state index in [-0.39, 0.29) is 11.9 Å². The van der Waals surface area contributed by atoms with Crippen LogP contribution in [-0.2, 0) is 22.4 Å². The van der Waals surface area contributed by atoms with Gasteiger partial charge in [0, 0.05) is 30.8 Å². The Bertz CT molecular complexity index is 1030. The first-order valence-corrected chi connectivity index (χ1v) is 13.1. The second-order valence-electron chi connectivity index (χ2n) is 9.71. The lowest BCUT2D eigenvalue weighted by molar-refractivity contribution is -0.145. The van der Waals surface area contributed by atoms with Gasteiger partial charge in [0.05, 0.1) is 12.8 Å². The summed E-state index contributed by atoms with van der Waals surface area (Å²) in [5.41, 5.74) is 4.90. The fourth-order valence-corrected chi connectivity index (χ4v) is 4.77. The van der Waals surface area contributed by atoms with E-state index in [0.717, 1.165) is 56.4 Å². The Morgan fingerprint density at radius 3 is 2.66 bits per heavy atom. The van der Waals surface area contributed by atoms with Gasteiger partial charge in [-0.1, -0.05) is 31.5 Å². The van der Waals surface area contributed by atoms with Gasteiger partial charge in [0.1, 0.15) is 0 Å². The second kappa shape index (κ2) is 12.5. The van der Waals surface area contributed by atoms with Crippen LogP contribution >= 0.6 is 0 Å². The van der Waals surface area contributed by atoms with Crippen molar-refractivity contribution in [2.45, 2.75) is 64.7 Å². The van der Waals surface area contributed by atoms with Crippen molar-refractivity contribution in [1.82, 2.24) is 5.01 Å². The molecule has 1 aliphatic heterocycles. The molecule has 0 aromatic heterocycles. The van der Waals surface area contributed by atoms with Gasteiger partial charge >= 0.3 is 5.97 Å². The summed E-state index contributed by atoms with van der Waals surface area (Å²) >= 11 is 0. The molecule has 2 aliphatic rings. The molecule has 1 unspecified atom stereocenters. The van der Waals surface area contributed by atoms with E-state index in [0.29, 0.717) is 24.5 Å². The molecule has 6 heteroatoms. The Kier molecular flexibility index (Phi) is 8.93. The predicted octanol–water partition coefficient (Wildman–Crippen LogP) is 5.60. The number of carbonyl (C=O) groups excluding carboxylic acids is 2. The first kappa shape index (κ1) is 25.0. The fraction of sp³-hybridized carbons (Fsp3) is 0.483. The number of nitrogens with one attached hydrogen (secondary N) is 1. The maximum atomic E-state index is 12.8. The van der Waals surface area contributed by atoms with E-state index < -0.39 is 0 Å². The highest BCUT2D eigenvalue weighted by Crippen LogP contribution is 2.30. The van der Waals surface area contributed by atoms with Crippen LogP contribution in [0.2, 0.25) is 0 Å². The zero-order valence-corrected chi connectivity index (χ0v) is 20.8. The lowest BCUT2D eigenvalue weighted by Gasteiger charge is -2.24. The SMILES string of the molecule is CCCCOC(=O)CC1CCc2ccc(NC(=O)c3ccc(C=NN4CCCCC4)cc3)cc2C1. The molecule has 2 aromatic carbocycles. The standard InChI is InChI=1S/C29H37N3O3/c1-2-3-17-35-28(33)19-23-9-10-24-13-14-27(20-26(24)18-23)31-29(34)25-11-7-22(8-12-25)21-30-32-15-5-4-6-16-32/h7-8,11-14,20-21,23H,2-6,9-10,15-19H2,1H3,(H,31,34). The van der Waals surface area contributed by atoms with Gasteiger partial charge in [-0.3, -0.25) is 14.6 Å². The third kappa shape index (κ3) is 7.41. The molecule has 6 nitrogen and oxygen atoms in total. The van der Waals surface area contributed by atoms with E-state index in [4.69, 9.17) is 4.74 Å². The van der Waals surface area contributed by atoms with Crippen molar-refractivity contribution < 1.29 is 14.3 Å². The predicted molar refractivity (Wildman–Crippen MR) is 140 cm³/mol. The van der Waals surface area contributed by atoms with Crippen molar-refractivity contribution in [2.24, 2.45) is 11.0 Å². The van der Waals surface area contributed by atoms with Crippen LogP contribution in [-0.4, -0.2) is 42.8 Å². The highest BCUT2D eigenvalue weighted by Gasteiger charge is 2.22. The number of nitrogens with zero attached hydrogens (tertiary/aromatic N) is 2. The molecular formula is C29H37N3O3. The number of ether oxygens (including phenoxy) is 1. The molecule has 0 bridgehead atoms. The number of amides is 1. The van der Waals surface area contributed by atoms with Crippen LogP contribution in [0.1, 0.15) is 78.9 Å². The van der Waals surface area contributed by atoms with Crippen molar-refractivity contribution in [1.29, 1.82) is 0 Å². The molecule has 0 spiro atoms. The number of esters is 1. The van der Waals surface area contributed by atoms with Crippen molar-refractivity contribution in [3.05, 3.63) is 64.7 Å². The molecule has 4 rings (SSSR count). The van der Waals surface area contributed by atoms with Gasteiger partial charge in [-0.15, -0.1) is 0 Å². The molecule has 1 fully saturated rings. The van der Waals surface area contributed by atoms with Crippen molar-refractivity contribution in [3.8, 4) is 0 Å². The van der Waals surface area contributed by atoms with Crippen molar-refractivity contribution in [2.75, 3.05) is 25.0 Å². The summed E-state index contributed by atoms with van der Waals surface area (Å²) in [4.78, 5) is 24.9. The van der Waals surface area contributed by atoms with E-state index in [9.17, 15) is 9.59 Å². The number of aryl methyl sites for hydroxylation is 1. The number of anilines is 1. The molecule has 1 heterocycles. The highest BCUT2D eigenvalue weighted by atomic mass is 16.5. The lowest BCUT2D eigenvalue weighted by atomic mass is 9.82. The quantitative estimate of drug-likeness (QED) is 0.291. The topological polar surface area (TPSA) is 71.0 Å². The first-order valence-electron chi connectivity index (χ1n) is 13.1. The van der Waals surface area contributed by atoms with Crippen LogP contribution in [0, 0.1) is 5.92 Å². The second-order valence-corrected chi connectivity index (χ2v) is 9.71. The summed E-state index contributed by atoms with van der Waals surface area (Å²) in [6, 6.07) is 13.7. The Labute approximate surface area is 208 Å². The zero-order chi connectivity index (χ0) is 24.5. The molecule has 0 saturated carbocycles. The molecular weight excluding hydrogens is 438 g/mol. The van der Waals surface area contributed by atoms with Gasteiger partial charge in [-0.2, -0.15) is 5.10 Å². The van der Waals surface area contributed by atoms with Crippen LogP contribution in [0.15, 0.2) is 47.6 Å². The fourth-order valence-electron chi connectivity index (χ4n) is 4.77. The number of unbranched alkanes of at least 4 members (excludes halogenated alkanes) is 1. The van der Waals surface area contributed by atoms with E-state index >= 15 is 0 Å². The number of fused-ring (bicyclic) bond motifs is 1. The third-order valence-corrected chi connectivity index (χ3v) is 6.89. The molecule has 1 amide bonds. The molecule has 186 valence electrons. The summed E-state index contributed by atoms with van der Waals surface area (Å²) in [5.74, 6) is 0.0684. The molecule has 1 N–H and O–H groups in total. The number of rotatable bonds is 9. The van der Waals surface area contributed by atoms with Crippen LogP contribution in [0.3, 0.4) is 0 Å². The maximum absolute atomic E-state index is 12.8. The minimum absolute atomic E-state index is 0.0965. The number of carbonyl (C=O) groups is 2. The molecule has 0 radical (unpaired) electrons. The van der Waals surface area contributed by atoms with Crippen LogP contribution in [0.25, 0.3) is 0 Å². The molecule has 2 aromatic rings. The smallest absolute Gasteiger partial charge is 0.306 e. The third-order valence-electron chi connectivity index (χ3n) is 6.89. The monoisotopic (exact) mass is 475 g/mol. The summed E-state index contributed by atoms with van der Waals surface area (Å²) in [6.45, 7) is 4.63. The van der Waals surface area contributed by atoms with Crippen molar-refractivity contribution >= 4 is 23.8 Å². The Morgan fingerprint density at radius 1 is 1.09 bits per heavy atom. The summed E-state index contributed by atoms with van der Waals surface area (Å²) in [7, 11) is 0. The number of benzene rings is 2. The van der Waals surface area contributed by atoms with Gasteiger partial charge in [0.2, 0.25) is 0 Å². The largest absolute Gasteiger partial charge is 0.466 e. The minimum atomic E-state index is -0.128. The summed E-state index contributed by atoms with van der Waals surface area (Å²) in [6.07, 6.45) is 10.7. The number of hydrazone groups is 1. The Morgan fingerprint density at radius 2 is 1.89 bits per heavy atom. The summed E-state index contributed by atoms with van der Waals surface area (Å²) < 4.78 is 5.35. The molecule has 1 aliphatic carbocycles. The number of hydrogen-bond acceptors (Lipinski definition) is 5. The van der Waals surface area contributed by atoms with E-state index in [1.54, 1.807) is 0 Å². The van der Waals surface area contributed by atoms with E-state index in [2.05, 4.69) is 34.5 Å². The minimum Gasteiger partial charge on any atom is -0.466 e. The van der Waals surface area contributed by atoms with Gasteiger partial charge in [0.15, 0.2) is 0 Å². The molecule has 35 heavy (non-hydrogen) atoms. The van der Waals surface area contributed by atoms with Gasteiger partial charge < -0.3 is 10.1 Å². The molecule has 1 atom stereocenters. The average Bonchev–Trinajstić information content (AvgIpc) is 2.88. The lowest BCUT2D eigenvalue weighted by Crippen LogP contribution is -2.24. The number of hydrogen-bond donors (Lipinski definition) is 1. The average molecular weight is 476 g/mol. The van der Waals surface area contributed by atoms with Gasteiger partial charge in [-0.05, 0) is 91.8 Å². The van der Waals surface area contributed by atoms with Crippen LogP contribution in [0.4, 0.5) is 5.69 Å². The van der Waals surface area contributed by atoms with E-state index in [1.807, 2.05) is 36.5 Å². The molecule has 1 saturated heterocycles. The maximum Gasteiger partial charge on any atom is 0.306 e. The zero-order valence-electron chi connectivity index (χ0n) is 20.8. The van der Waals surface area contributed by atoms with Crippen LogP contribution < -0.4 is 5.32 Å². The van der Waals surface area contributed by atoms with Gasteiger partial charge in [0.25, 0.3) is 5.91 Å². The Hall–Kier alpha value is -3.15. The van der Waals surface area contributed by atoms with Crippen LogP contribution in [0.5, 0.6) is 0 Å². The van der Waals surface area contributed by atoms with E-state index in [1.165, 1.54) is 30.4 Å².